The molecule has 1 heterocycles. The second-order valence-electron chi connectivity index (χ2n) is 17.1. The summed E-state index contributed by atoms with van der Waals surface area (Å²) in [6.45, 7) is 23.1. The molecule has 0 amide bonds. The van der Waals surface area contributed by atoms with Gasteiger partial charge in [-0.15, -0.1) is 0 Å². The maximum Gasteiger partial charge on any atom is 0.302 e. The lowest BCUT2D eigenvalue weighted by Crippen LogP contribution is -2.67. The molecule has 232 valence electrons. The summed E-state index contributed by atoms with van der Waals surface area (Å²) < 4.78 is 18.7. The third-order valence-electron chi connectivity index (χ3n) is 15.2. The van der Waals surface area contributed by atoms with Gasteiger partial charge >= 0.3 is 5.97 Å². The molecule has 0 bridgehead atoms. The Hall–Kier alpha value is -0.870. The van der Waals surface area contributed by atoms with Gasteiger partial charge in [0.2, 0.25) is 0 Å². The molecule has 41 heavy (non-hydrogen) atoms. The van der Waals surface area contributed by atoms with Crippen molar-refractivity contribution >= 4 is 5.97 Å². The summed E-state index contributed by atoms with van der Waals surface area (Å²) in [7, 11) is 0. The van der Waals surface area contributed by atoms with Crippen LogP contribution in [0.3, 0.4) is 0 Å². The minimum Gasteiger partial charge on any atom is -0.462 e. The van der Waals surface area contributed by atoms with Crippen LogP contribution in [-0.2, 0) is 19.0 Å². The van der Waals surface area contributed by atoms with E-state index in [0.717, 1.165) is 37.9 Å². The smallest absolute Gasteiger partial charge is 0.302 e. The zero-order chi connectivity index (χ0) is 29.4. The Morgan fingerprint density at radius 3 is 2.29 bits per heavy atom. The summed E-state index contributed by atoms with van der Waals surface area (Å²) in [5.74, 6) is 3.27. The van der Waals surface area contributed by atoms with E-state index in [-0.39, 0.29) is 29.2 Å². The van der Waals surface area contributed by atoms with E-state index >= 15 is 0 Å². The summed E-state index contributed by atoms with van der Waals surface area (Å²) in [5.41, 5.74) is 2.70. The standard InChI is InChI=1S/C37H60O4/c1-24(2)26-14-19-37(23-40-31-11-9-10-22-39-31)21-20-35(7)27(32(26)37)12-13-29-34(6)17-16-30(41-25(3)38)33(4,5)28(34)15-18-36(29,35)8/h26-32H,1,9-23H2,2-8H3/t26-,27?,28?,29?,30-,31?,32?,34-,35+,36+,37?/m0/s1. The van der Waals surface area contributed by atoms with E-state index in [1.807, 2.05) is 0 Å². The van der Waals surface area contributed by atoms with Crippen LogP contribution in [0, 0.1) is 56.7 Å². The van der Waals surface area contributed by atoms with Gasteiger partial charge in [-0.2, -0.15) is 0 Å². The first kappa shape index (κ1) is 30.2. The molecule has 0 radical (unpaired) electrons. The van der Waals surface area contributed by atoms with Crippen LogP contribution < -0.4 is 0 Å². The monoisotopic (exact) mass is 568 g/mol. The largest absolute Gasteiger partial charge is 0.462 e. The number of ether oxygens (including phenoxy) is 3. The van der Waals surface area contributed by atoms with Gasteiger partial charge in [-0.05, 0) is 142 Å². The van der Waals surface area contributed by atoms with E-state index in [0.29, 0.717) is 34.0 Å². The molecule has 0 aromatic rings. The van der Waals surface area contributed by atoms with Crippen LogP contribution >= 0.6 is 0 Å². The number of hydrogen-bond acceptors (Lipinski definition) is 4. The van der Waals surface area contributed by atoms with Crippen molar-refractivity contribution in [2.24, 2.45) is 56.7 Å². The molecule has 0 N–H and O–H groups in total. The number of allylic oxidation sites excluding steroid dienone is 1. The Morgan fingerprint density at radius 2 is 1.61 bits per heavy atom. The van der Waals surface area contributed by atoms with Gasteiger partial charge in [0.1, 0.15) is 6.10 Å². The van der Waals surface area contributed by atoms with Crippen LogP contribution in [0.1, 0.15) is 132 Å². The summed E-state index contributed by atoms with van der Waals surface area (Å²) in [5, 5.41) is 0. The fourth-order valence-corrected chi connectivity index (χ4v) is 13.0. The Balaban J connectivity index is 1.30. The molecule has 6 fully saturated rings. The zero-order valence-electron chi connectivity index (χ0n) is 27.5. The van der Waals surface area contributed by atoms with Gasteiger partial charge in [0.25, 0.3) is 0 Å². The third-order valence-corrected chi connectivity index (χ3v) is 15.2. The Bertz CT molecular complexity index is 1030. The van der Waals surface area contributed by atoms with Crippen LogP contribution in [0.4, 0.5) is 0 Å². The average Bonchev–Trinajstić information content (AvgIpc) is 3.30. The van der Waals surface area contributed by atoms with Gasteiger partial charge in [-0.3, -0.25) is 4.79 Å². The summed E-state index contributed by atoms with van der Waals surface area (Å²) in [4.78, 5) is 12.0. The van der Waals surface area contributed by atoms with Gasteiger partial charge in [0.05, 0.1) is 6.61 Å². The second kappa shape index (κ2) is 10.4. The van der Waals surface area contributed by atoms with Gasteiger partial charge in [-0.25, -0.2) is 0 Å². The second-order valence-corrected chi connectivity index (χ2v) is 17.1. The van der Waals surface area contributed by atoms with Gasteiger partial charge in [0, 0.05) is 18.9 Å². The maximum atomic E-state index is 12.0. The van der Waals surface area contributed by atoms with Gasteiger partial charge < -0.3 is 14.2 Å². The maximum absolute atomic E-state index is 12.0. The molecule has 5 saturated carbocycles. The van der Waals surface area contributed by atoms with Crippen LogP contribution in [0.15, 0.2) is 12.2 Å². The van der Waals surface area contributed by atoms with E-state index in [9.17, 15) is 4.79 Å². The predicted octanol–water partition coefficient (Wildman–Crippen LogP) is 9.12. The predicted molar refractivity (Wildman–Crippen MR) is 164 cm³/mol. The topological polar surface area (TPSA) is 44.8 Å². The van der Waals surface area contributed by atoms with Crippen molar-refractivity contribution in [3.63, 3.8) is 0 Å². The molecule has 1 aliphatic heterocycles. The van der Waals surface area contributed by atoms with Crippen molar-refractivity contribution in [3.05, 3.63) is 12.2 Å². The summed E-state index contributed by atoms with van der Waals surface area (Å²) in [6, 6.07) is 0. The normalized spacial score (nSPS) is 50.6. The minimum atomic E-state index is -0.117. The highest BCUT2D eigenvalue weighted by Gasteiger charge is 2.71. The first-order chi connectivity index (χ1) is 19.3. The lowest BCUT2D eigenvalue weighted by Gasteiger charge is -2.73. The van der Waals surface area contributed by atoms with Crippen LogP contribution in [-0.4, -0.2) is 31.6 Å². The van der Waals surface area contributed by atoms with Crippen molar-refractivity contribution in [1.82, 2.24) is 0 Å². The van der Waals surface area contributed by atoms with Crippen molar-refractivity contribution in [2.75, 3.05) is 13.2 Å². The molecule has 0 spiro atoms. The molecule has 4 heteroatoms. The summed E-state index contributed by atoms with van der Waals surface area (Å²) >= 11 is 0. The van der Waals surface area contributed by atoms with Crippen molar-refractivity contribution < 1.29 is 19.0 Å². The van der Waals surface area contributed by atoms with Crippen LogP contribution in [0.5, 0.6) is 0 Å². The van der Waals surface area contributed by atoms with E-state index in [1.54, 1.807) is 6.92 Å². The molecule has 6 rings (SSSR count). The average molecular weight is 569 g/mol. The molecule has 4 nitrogen and oxygen atoms in total. The molecule has 1 saturated heterocycles. The van der Waals surface area contributed by atoms with Gasteiger partial charge in [0.15, 0.2) is 6.29 Å². The quantitative estimate of drug-likeness (QED) is 0.245. The Labute approximate surface area is 251 Å². The summed E-state index contributed by atoms with van der Waals surface area (Å²) in [6.07, 6.45) is 16.2. The fraction of sp³-hybridized carbons (Fsp3) is 0.919. The lowest BCUT2D eigenvalue weighted by molar-refractivity contribution is -0.257. The lowest BCUT2D eigenvalue weighted by atomic mass is 9.32. The number of fused-ring (bicyclic) bond motifs is 7. The minimum absolute atomic E-state index is 0.00454. The van der Waals surface area contributed by atoms with E-state index in [2.05, 4.69) is 48.1 Å². The number of carbonyl (C=O) groups is 1. The highest BCUT2D eigenvalue weighted by molar-refractivity contribution is 5.66. The first-order valence-corrected chi connectivity index (χ1v) is 17.3. The highest BCUT2D eigenvalue weighted by Crippen LogP contribution is 2.77. The number of hydrogen-bond donors (Lipinski definition) is 0. The molecular formula is C37H60O4. The molecule has 0 aromatic carbocycles. The fourth-order valence-electron chi connectivity index (χ4n) is 13.0. The molecule has 0 aromatic heterocycles. The number of rotatable bonds is 5. The Kier molecular flexibility index (Phi) is 7.62. The number of esters is 1. The van der Waals surface area contributed by atoms with E-state index in [1.165, 1.54) is 76.2 Å². The van der Waals surface area contributed by atoms with E-state index in [4.69, 9.17) is 14.2 Å². The van der Waals surface area contributed by atoms with Crippen molar-refractivity contribution in [2.45, 2.75) is 144 Å². The van der Waals surface area contributed by atoms with Crippen molar-refractivity contribution in [1.29, 1.82) is 0 Å². The molecule has 6 unspecified atom stereocenters. The van der Waals surface area contributed by atoms with Gasteiger partial charge in [-0.1, -0.05) is 46.8 Å². The molecule has 6 aliphatic rings. The SMILES string of the molecule is C=C(C)[C@@H]1CCC2(COC3CCCCO3)CC[C@]3(C)C(CCC4[C@@]5(C)CC[C@H](OC(C)=O)C(C)(C)C5CC[C@]43C)C12. The van der Waals surface area contributed by atoms with Crippen LogP contribution in [0.25, 0.3) is 0 Å². The molecule has 5 aliphatic carbocycles. The first-order valence-electron chi connectivity index (χ1n) is 17.3. The van der Waals surface area contributed by atoms with Crippen LogP contribution in [0.2, 0.25) is 0 Å². The molecule has 11 atom stereocenters. The van der Waals surface area contributed by atoms with E-state index < -0.39 is 0 Å². The zero-order valence-corrected chi connectivity index (χ0v) is 27.5. The number of carbonyl (C=O) groups excluding carboxylic acids is 1. The highest BCUT2D eigenvalue weighted by atomic mass is 16.7. The van der Waals surface area contributed by atoms with Crippen molar-refractivity contribution in [3.8, 4) is 0 Å². The third kappa shape index (κ3) is 4.45. The molecular weight excluding hydrogens is 508 g/mol. The Morgan fingerprint density at radius 1 is 0.829 bits per heavy atom.